The summed E-state index contributed by atoms with van der Waals surface area (Å²) >= 11 is 11.8. The summed E-state index contributed by atoms with van der Waals surface area (Å²) in [6, 6.07) is 12.5. The number of halogens is 2. The molecule has 21 heavy (non-hydrogen) atoms. The van der Waals surface area contributed by atoms with Gasteiger partial charge in [0.25, 0.3) is 5.91 Å². The second-order valence-corrected chi connectivity index (χ2v) is 6.81. The Morgan fingerprint density at radius 1 is 0.952 bits per heavy atom. The number of anilines is 1. The van der Waals surface area contributed by atoms with Gasteiger partial charge in [-0.1, -0.05) is 56.1 Å². The predicted molar refractivity (Wildman–Crippen MR) is 89.6 cm³/mol. The zero-order valence-corrected chi connectivity index (χ0v) is 13.7. The summed E-state index contributed by atoms with van der Waals surface area (Å²) in [7, 11) is 0. The van der Waals surface area contributed by atoms with Crippen molar-refractivity contribution < 1.29 is 4.79 Å². The van der Waals surface area contributed by atoms with E-state index in [0.717, 1.165) is 0 Å². The van der Waals surface area contributed by atoms with E-state index in [2.05, 4.69) is 26.1 Å². The third kappa shape index (κ3) is 4.23. The van der Waals surface area contributed by atoms with Gasteiger partial charge in [0.1, 0.15) is 0 Å². The fourth-order valence-corrected chi connectivity index (χ4v) is 2.48. The molecule has 1 amide bonds. The van der Waals surface area contributed by atoms with Gasteiger partial charge in [-0.05, 0) is 41.3 Å². The van der Waals surface area contributed by atoms with Crippen molar-refractivity contribution in [2.75, 3.05) is 5.32 Å². The topological polar surface area (TPSA) is 29.1 Å². The van der Waals surface area contributed by atoms with E-state index in [-0.39, 0.29) is 11.3 Å². The van der Waals surface area contributed by atoms with E-state index in [9.17, 15) is 4.79 Å². The summed E-state index contributed by atoms with van der Waals surface area (Å²) in [5.41, 5.74) is 2.43. The van der Waals surface area contributed by atoms with Crippen LogP contribution >= 0.6 is 23.2 Å². The molecular weight excluding hydrogens is 305 g/mol. The highest BCUT2D eigenvalue weighted by Gasteiger charge is 2.14. The SMILES string of the molecule is CC(C)(C)c1ccc(C(=O)Nc2cc(Cl)cc(Cl)c2)cc1. The van der Waals surface area contributed by atoms with Crippen LogP contribution in [0.1, 0.15) is 36.7 Å². The molecule has 0 spiro atoms. The highest BCUT2D eigenvalue weighted by molar-refractivity contribution is 6.35. The van der Waals surface area contributed by atoms with E-state index in [0.29, 0.717) is 21.3 Å². The number of benzene rings is 2. The van der Waals surface area contributed by atoms with Crippen LogP contribution in [-0.2, 0) is 5.41 Å². The predicted octanol–water partition coefficient (Wildman–Crippen LogP) is 5.54. The molecular formula is C17H17Cl2NO. The molecule has 2 aromatic rings. The van der Waals surface area contributed by atoms with Crippen LogP contribution in [0.3, 0.4) is 0 Å². The largest absolute Gasteiger partial charge is 0.322 e. The van der Waals surface area contributed by atoms with Gasteiger partial charge >= 0.3 is 0 Å². The number of carbonyl (C=O) groups is 1. The van der Waals surface area contributed by atoms with Crippen molar-refractivity contribution in [1.82, 2.24) is 0 Å². The van der Waals surface area contributed by atoms with Gasteiger partial charge in [-0.15, -0.1) is 0 Å². The summed E-state index contributed by atoms with van der Waals surface area (Å²) in [5.74, 6) is -0.186. The van der Waals surface area contributed by atoms with Gasteiger partial charge in [0, 0.05) is 21.3 Å². The van der Waals surface area contributed by atoms with Crippen molar-refractivity contribution in [2.24, 2.45) is 0 Å². The molecule has 2 aromatic carbocycles. The molecule has 0 saturated carbocycles. The van der Waals surface area contributed by atoms with Gasteiger partial charge in [0.05, 0.1) is 0 Å². The van der Waals surface area contributed by atoms with Crippen molar-refractivity contribution in [3.8, 4) is 0 Å². The number of nitrogens with one attached hydrogen (secondary N) is 1. The highest BCUT2D eigenvalue weighted by Crippen LogP contribution is 2.24. The van der Waals surface area contributed by atoms with E-state index < -0.39 is 0 Å². The lowest BCUT2D eigenvalue weighted by molar-refractivity contribution is 0.102. The molecule has 0 atom stereocenters. The van der Waals surface area contributed by atoms with Crippen LogP contribution in [0.2, 0.25) is 10.0 Å². The van der Waals surface area contributed by atoms with E-state index in [4.69, 9.17) is 23.2 Å². The minimum absolute atomic E-state index is 0.0650. The molecule has 110 valence electrons. The zero-order valence-electron chi connectivity index (χ0n) is 12.2. The lowest BCUT2D eigenvalue weighted by Crippen LogP contribution is -2.14. The molecule has 0 aliphatic carbocycles. The van der Waals surface area contributed by atoms with Gasteiger partial charge in [0.15, 0.2) is 0 Å². The molecule has 0 aliphatic heterocycles. The van der Waals surface area contributed by atoms with Crippen molar-refractivity contribution in [1.29, 1.82) is 0 Å². The highest BCUT2D eigenvalue weighted by atomic mass is 35.5. The van der Waals surface area contributed by atoms with Crippen LogP contribution in [0.5, 0.6) is 0 Å². The van der Waals surface area contributed by atoms with Gasteiger partial charge in [-0.2, -0.15) is 0 Å². The van der Waals surface area contributed by atoms with Gasteiger partial charge in [0.2, 0.25) is 0 Å². The minimum atomic E-state index is -0.186. The fourth-order valence-electron chi connectivity index (χ4n) is 1.95. The first-order chi connectivity index (χ1) is 9.75. The summed E-state index contributed by atoms with van der Waals surface area (Å²) in [6.07, 6.45) is 0. The maximum atomic E-state index is 12.2. The Labute approximate surface area is 135 Å². The number of carbonyl (C=O) groups excluding carboxylic acids is 1. The van der Waals surface area contributed by atoms with Crippen molar-refractivity contribution >= 4 is 34.8 Å². The summed E-state index contributed by atoms with van der Waals surface area (Å²) in [5, 5.41) is 3.76. The first kappa shape index (κ1) is 15.9. The van der Waals surface area contributed by atoms with Crippen LogP contribution in [0.25, 0.3) is 0 Å². The van der Waals surface area contributed by atoms with Crippen LogP contribution in [-0.4, -0.2) is 5.91 Å². The average molecular weight is 322 g/mol. The monoisotopic (exact) mass is 321 g/mol. The van der Waals surface area contributed by atoms with Crippen LogP contribution in [0.4, 0.5) is 5.69 Å². The normalized spacial score (nSPS) is 11.3. The van der Waals surface area contributed by atoms with Gasteiger partial charge in [-0.3, -0.25) is 4.79 Å². The minimum Gasteiger partial charge on any atom is -0.322 e. The van der Waals surface area contributed by atoms with Crippen LogP contribution in [0, 0.1) is 0 Å². The lowest BCUT2D eigenvalue weighted by Gasteiger charge is -2.19. The molecule has 0 heterocycles. The Morgan fingerprint density at radius 2 is 1.48 bits per heavy atom. The number of rotatable bonds is 2. The number of hydrogen-bond acceptors (Lipinski definition) is 1. The fraction of sp³-hybridized carbons (Fsp3) is 0.235. The number of hydrogen-bond donors (Lipinski definition) is 1. The Morgan fingerprint density at radius 3 is 1.95 bits per heavy atom. The molecule has 0 aliphatic rings. The second kappa shape index (κ2) is 6.08. The van der Waals surface area contributed by atoms with Crippen molar-refractivity contribution in [3.63, 3.8) is 0 Å². The third-order valence-electron chi connectivity index (χ3n) is 3.13. The molecule has 2 nitrogen and oxygen atoms in total. The van der Waals surface area contributed by atoms with Crippen molar-refractivity contribution in [2.45, 2.75) is 26.2 Å². The maximum absolute atomic E-state index is 12.2. The summed E-state index contributed by atoms with van der Waals surface area (Å²) in [6.45, 7) is 6.40. The lowest BCUT2D eigenvalue weighted by atomic mass is 9.87. The standard InChI is InChI=1S/C17H17Cl2NO/c1-17(2,3)12-6-4-11(5-7-12)16(21)20-15-9-13(18)8-14(19)10-15/h4-10H,1-3H3,(H,20,21). The van der Waals surface area contributed by atoms with Crippen molar-refractivity contribution in [3.05, 3.63) is 63.6 Å². The number of amides is 1. The summed E-state index contributed by atoms with van der Waals surface area (Å²) < 4.78 is 0. The first-order valence-electron chi connectivity index (χ1n) is 6.64. The summed E-state index contributed by atoms with van der Waals surface area (Å²) in [4.78, 5) is 12.2. The molecule has 2 rings (SSSR count). The molecule has 4 heteroatoms. The van der Waals surface area contributed by atoms with E-state index >= 15 is 0 Å². The Kier molecular flexibility index (Phi) is 4.60. The maximum Gasteiger partial charge on any atom is 0.255 e. The Balaban J connectivity index is 2.17. The van der Waals surface area contributed by atoms with Crippen LogP contribution in [0.15, 0.2) is 42.5 Å². The Hall–Kier alpha value is -1.51. The molecule has 0 fully saturated rings. The van der Waals surface area contributed by atoms with E-state index in [1.54, 1.807) is 18.2 Å². The average Bonchev–Trinajstić information content (AvgIpc) is 2.36. The second-order valence-electron chi connectivity index (χ2n) is 5.94. The smallest absolute Gasteiger partial charge is 0.255 e. The van der Waals surface area contributed by atoms with E-state index in [1.165, 1.54) is 5.56 Å². The quantitative estimate of drug-likeness (QED) is 0.772. The third-order valence-corrected chi connectivity index (χ3v) is 3.57. The Bertz CT molecular complexity index is 637. The van der Waals surface area contributed by atoms with Gasteiger partial charge < -0.3 is 5.32 Å². The molecule has 0 radical (unpaired) electrons. The van der Waals surface area contributed by atoms with E-state index in [1.807, 2.05) is 24.3 Å². The van der Waals surface area contributed by atoms with Gasteiger partial charge in [-0.25, -0.2) is 0 Å². The molecule has 0 bridgehead atoms. The molecule has 1 N–H and O–H groups in total. The molecule has 0 aromatic heterocycles. The first-order valence-corrected chi connectivity index (χ1v) is 7.39. The van der Waals surface area contributed by atoms with Crippen LogP contribution < -0.4 is 5.32 Å². The molecule has 0 saturated heterocycles. The zero-order chi connectivity index (χ0) is 15.6. The molecule has 0 unspecified atom stereocenters.